The Balaban J connectivity index is 0.00000151. The zero-order chi connectivity index (χ0) is 94.5. The summed E-state index contributed by atoms with van der Waals surface area (Å²) in [5.74, 6) is -1.47. The first-order valence-corrected chi connectivity index (χ1v) is 39.6. The molecular weight excluding hydrogens is 1650 g/mol. The molecule has 122 heavy (non-hydrogen) atoms. The minimum atomic E-state index is -2.02. The molecule has 19 unspecified atom stereocenters. The Morgan fingerprint density at radius 2 is 0.541 bits per heavy atom. The molecule has 5 fully saturated rings. The Morgan fingerprint density at radius 3 is 0.787 bits per heavy atom. The normalized spacial score (nSPS) is 35.2. The van der Waals surface area contributed by atoms with Gasteiger partial charge in [0.25, 0.3) is 0 Å². The van der Waals surface area contributed by atoms with E-state index in [1.165, 1.54) is 41.5 Å². The van der Waals surface area contributed by atoms with Crippen molar-refractivity contribution in [3.63, 3.8) is 0 Å². The number of ether oxygens (including phenoxy) is 9. The number of aliphatic hydroxyl groups excluding tert-OH is 35. The van der Waals surface area contributed by atoms with Crippen molar-refractivity contribution in [2.75, 3.05) is 52.9 Å². The average molecular weight is 1800 g/mol. The van der Waals surface area contributed by atoms with Crippen molar-refractivity contribution in [2.24, 2.45) is 27.1 Å². The van der Waals surface area contributed by atoms with Crippen LogP contribution in [0.15, 0.2) is 0 Å². The molecule has 730 valence electrons. The van der Waals surface area contributed by atoms with Crippen LogP contribution in [0.25, 0.3) is 0 Å². The number of carbonyl (C=O) groups is 2. The van der Waals surface area contributed by atoms with Crippen LogP contribution < -0.4 is 0 Å². The fourth-order valence-electron chi connectivity index (χ4n) is 12.8. The first-order valence-electron chi connectivity index (χ1n) is 39.6. The van der Waals surface area contributed by atoms with Crippen LogP contribution in [0.1, 0.15) is 137 Å². The first kappa shape index (κ1) is 120. The van der Waals surface area contributed by atoms with E-state index >= 15 is 0 Å². The molecule has 0 aliphatic carbocycles. The summed E-state index contributed by atoms with van der Waals surface area (Å²) in [5, 5.41) is 342. The van der Waals surface area contributed by atoms with Gasteiger partial charge in [-0.15, -0.1) is 0 Å². The van der Waals surface area contributed by atoms with Gasteiger partial charge < -0.3 is 221 Å². The van der Waals surface area contributed by atoms with Gasteiger partial charge in [-0.2, -0.15) is 0 Å². The summed E-state index contributed by atoms with van der Waals surface area (Å²) < 4.78 is 47.3. The second-order valence-corrected chi connectivity index (χ2v) is 36.3. The lowest BCUT2D eigenvalue weighted by atomic mass is 9.80. The van der Waals surface area contributed by atoms with Gasteiger partial charge in [0.2, 0.25) is 0 Å². The highest BCUT2D eigenvalue weighted by molar-refractivity contribution is 5.88. The molecule has 5 heterocycles. The van der Waals surface area contributed by atoms with Crippen LogP contribution in [0, 0.1) is 27.1 Å². The average Bonchev–Trinajstić information content (AvgIpc) is 0.796. The highest BCUT2D eigenvalue weighted by Gasteiger charge is 2.54. The Morgan fingerprint density at radius 1 is 0.295 bits per heavy atom. The zero-order valence-electron chi connectivity index (χ0n) is 71.1. The molecule has 0 radical (unpaired) electrons. The standard InChI is InChI=1S/C17H32O10.C16H30O11.2C16H32O10.C10H20O5.CH4/c1-5-8-9(20)10(21)13(24)16(26-8)27-14(7(19)6-18)11(22)12(23)15(25)17(2,3)4;1-16(2,3)14(25)12(23)10(21)8(19)6(4-17)26-15-13(24)11(22)9(20)7(5-18)27-15;2*1-16(2,3)4-7(19)10(21)14(8(20)5-17)26-15-13(24)12(23)11(22)9(6-18)25-15;1-10(2,3)9-8(14)7(13)6(12)5(4-11)15-9;/h7-14,16,18-24H,5-6H2,1-4H3;6-13,15,17-24H,4-5H2,1-3H3;2*7-15,17-24H,4-6H2,1-3H3;5-9,11-14H,4H2,1-3H3;1H4/t7-,8-,9+,10+,11-,12-,13-,14-,16?;6-,7-,8-,9+,10+,11+,12-,13-,15?;7?,8?,9?,10?,11-,12+,13?,14?,15+;7?,8?,9?,10?,11-,12+,13?,14?,15-;;/m1111../s1. The third-order valence-electron chi connectivity index (χ3n) is 20.3. The summed E-state index contributed by atoms with van der Waals surface area (Å²) in [7, 11) is 0. The minimum absolute atomic E-state index is 0. The van der Waals surface area contributed by atoms with E-state index in [-0.39, 0.29) is 49.5 Å². The van der Waals surface area contributed by atoms with Gasteiger partial charge in [-0.05, 0) is 35.5 Å². The second kappa shape index (κ2) is 52.6. The van der Waals surface area contributed by atoms with Gasteiger partial charge in [0.15, 0.2) is 36.7 Å². The van der Waals surface area contributed by atoms with Crippen molar-refractivity contribution in [1.82, 2.24) is 0 Å². The SMILES string of the molecule is C.CC(C)(C)C(=O)[C@H](O)[C@@H](O)[C@H](O)[C@@H](CO)OC1O[C@H](CO)[C@H](O)[C@H](O)[C@H]1O.CC(C)(C)C1OC(CO)C(O)C(O)C1O.CC(C)(C)CC(O)C(O)C(O[C@@H]1OC(CO)[C@@H](O)[C@H](O)C1O)C(O)CO.CC(C)(C)CC(O)C(O)C(O[C@H]1OC(CO)[C@@H](O)[C@H](O)C1O)C(O)CO.CC[C@H]1OC(O[C@@H]([C@H](O)[C@@H](O)C(=O)C(C)(C)C)[C@H](O)CO)[C@H](O)[C@@H](O)[C@H]1O. The van der Waals surface area contributed by atoms with Crippen LogP contribution in [0.4, 0.5) is 0 Å². The lowest BCUT2D eigenvalue weighted by molar-refractivity contribution is -0.327. The van der Waals surface area contributed by atoms with E-state index in [2.05, 4.69) is 0 Å². The Hall–Kier alpha value is -2.42. The predicted molar refractivity (Wildman–Crippen MR) is 415 cm³/mol. The molecule has 0 aromatic carbocycles. The maximum atomic E-state index is 12.2. The van der Waals surface area contributed by atoms with Gasteiger partial charge in [-0.3, -0.25) is 9.59 Å². The number of hydrogen-bond acceptors (Lipinski definition) is 46. The lowest BCUT2D eigenvalue weighted by Gasteiger charge is -2.45. The van der Waals surface area contributed by atoms with Gasteiger partial charge in [0.05, 0.1) is 77.3 Å². The maximum Gasteiger partial charge on any atom is 0.187 e. The van der Waals surface area contributed by atoms with E-state index in [0.717, 1.165) is 0 Å². The second-order valence-electron chi connectivity index (χ2n) is 36.3. The molecule has 0 spiro atoms. The lowest BCUT2D eigenvalue weighted by Crippen LogP contribution is -2.61. The molecule has 46 heteroatoms. The molecule has 0 aromatic heterocycles. The summed E-state index contributed by atoms with van der Waals surface area (Å²) in [6.45, 7) is 21.5. The monoisotopic (exact) mass is 1800 g/mol. The van der Waals surface area contributed by atoms with Crippen LogP contribution in [-0.4, -0.2) is 494 Å². The number of ketones is 2. The molecule has 0 amide bonds. The highest BCUT2D eigenvalue weighted by atomic mass is 16.7. The fraction of sp³-hybridized carbons (Fsp3) is 0.974. The number of hydrogen-bond donors (Lipinski definition) is 35. The van der Waals surface area contributed by atoms with Crippen molar-refractivity contribution < 1.29 is 231 Å². The molecule has 5 saturated heterocycles. The predicted octanol–water partition coefficient (Wildman–Crippen LogP) is -14.0. The highest BCUT2D eigenvalue weighted by Crippen LogP contribution is 2.36. The van der Waals surface area contributed by atoms with Crippen LogP contribution >= 0.6 is 0 Å². The fourth-order valence-corrected chi connectivity index (χ4v) is 12.8. The quantitative estimate of drug-likeness (QED) is 0.0290. The van der Waals surface area contributed by atoms with E-state index in [4.69, 9.17) is 52.8 Å². The third-order valence-corrected chi connectivity index (χ3v) is 20.3. The van der Waals surface area contributed by atoms with Gasteiger partial charge in [0.1, 0.15) is 201 Å². The third kappa shape index (κ3) is 34.4. The van der Waals surface area contributed by atoms with E-state index in [1.54, 1.807) is 6.92 Å². The van der Waals surface area contributed by atoms with Crippen LogP contribution in [0.5, 0.6) is 0 Å². The number of aliphatic hydroxyl groups is 35. The summed E-state index contributed by atoms with van der Waals surface area (Å²) >= 11 is 0. The summed E-state index contributed by atoms with van der Waals surface area (Å²) in [5.41, 5.74) is -3.07. The molecular formula is C76H150O46. The maximum absolute atomic E-state index is 12.2. The van der Waals surface area contributed by atoms with E-state index in [0.29, 0.717) is 0 Å². The Bertz CT molecular complexity index is 2760. The Labute approximate surface area is 708 Å². The number of carbonyl (C=O) groups excluding carboxylic acids is 2. The van der Waals surface area contributed by atoms with Crippen molar-refractivity contribution in [1.29, 1.82) is 0 Å². The van der Waals surface area contributed by atoms with Gasteiger partial charge in [0, 0.05) is 10.8 Å². The van der Waals surface area contributed by atoms with Crippen molar-refractivity contribution in [3.05, 3.63) is 0 Å². The molecule has 41 atom stereocenters. The van der Waals surface area contributed by atoms with Crippen molar-refractivity contribution in [2.45, 2.75) is 388 Å². The molecule has 5 aliphatic rings. The zero-order valence-corrected chi connectivity index (χ0v) is 71.1. The molecule has 0 aromatic rings. The van der Waals surface area contributed by atoms with Gasteiger partial charge in [-0.25, -0.2) is 0 Å². The van der Waals surface area contributed by atoms with Crippen LogP contribution in [0.3, 0.4) is 0 Å². The van der Waals surface area contributed by atoms with Crippen molar-refractivity contribution in [3.8, 4) is 0 Å². The molecule has 0 saturated carbocycles. The van der Waals surface area contributed by atoms with Crippen LogP contribution in [-0.2, 0) is 52.2 Å². The largest absolute Gasteiger partial charge is 0.394 e. The van der Waals surface area contributed by atoms with Crippen molar-refractivity contribution >= 4 is 11.6 Å². The van der Waals surface area contributed by atoms with E-state index < -0.39 is 320 Å². The Kier molecular flexibility index (Phi) is 51.5. The molecule has 5 rings (SSSR count). The van der Waals surface area contributed by atoms with E-state index in [9.17, 15) is 178 Å². The molecule has 0 bridgehead atoms. The summed E-state index contributed by atoms with van der Waals surface area (Å²) in [6.07, 6.45) is -62.7. The number of rotatable bonds is 33. The number of Topliss-reactive ketones (excluding diaryl/α,β-unsaturated/α-hetero) is 2. The van der Waals surface area contributed by atoms with Gasteiger partial charge >= 0.3 is 0 Å². The summed E-state index contributed by atoms with van der Waals surface area (Å²) in [4.78, 5) is 24.3. The topological polar surface area (TPSA) is 825 Å². The van der Waals surface area contributed by atoms with E-state index in [1.807, 2.05) is 62.3 Å². The first-order chi connectivity index (χ1) is 55.4. The van der Waals surface area contributed by atoms with Crippen LogP contribution in [0.2, 0.25) is 0 Å². The molecule has 35 N–H and O–H groups in total. The summed E-state index contributed by atoms with van der Waals surface area (Å²) in [6, 6.07) is 0. The smallest absolute Gasteiger partial charge is 0.187 e. The minimum Gasteiger partial charge on any atom is -0.394 e. The molecule has 46 nitrogen and oxygen atoms in total. The molecule has 5 aliphatic heterocycles. The van der Waals surface area contributed by atoms with Gasteiger partial charge in [-0.1, -0.05) is 118 Å².